The summed E-state index contributed by atoms with van der Waals surface area (Å²) in [6.45, 7) is 4.41. The quantitative estimate of drug-likeness (QED) is 0.753. The molecule has 0 bridgehead atoms. The van der Waals surface area contributed by atoms with E-state index < -0.39 is 0 Å². The van der Waals surface area contributed by atoms with Crippen molar-refractivity contribution < 1.29 is 0 Å². The fraction of sp³-hybridized carbons (Fsp3) is 0.467. The zero-order valence-electron chi connectivity index (χ0n) is 10.3. The first-order valence-corrected chi connectivity index (χ1v) is 6.15. The summed E-state index contributed by atoms with van der Waals surface area (Å²) in [7, 11) is 0. The number of benzene rings is 1. The van der Waals surface area contributed by atoms with E-state index in [1.54, 1.807) is 5.57 Å². The largest absolute Gasteiger partial charge is 0.327 e. The number of nitrogens with two attached hydrogens (primary N) is 1. The van der Waals surface area contributed by atoms with Crippen LogP contribution in [0.3, 0.4) is 0 Å². The lowest BCUT2D eigenvalue weighted by Gasteiger charge is -2.19. The van der Waals surface area contributed by atoms with E-state index in [9.17, 15) is 0 Å². The normalized spacial score (nSPS) is 20.7. The molecule has 0 aromatic heterocycles. The van der Waals surface area contributed by atoms with Crippen molar-refractivity contribution in [1.82, 2.24) is 0 Å². The molecular formula is C15H21N. The first-order chi connectivity index (χ1) is 7.66. The number of aryl methyl sites for hydroxylation is 2. The van der Waals surface area contributed by atoms with Gasteiger partial charge in [-0.05, 0) is 56.2 Å². The van der Waals surface area contributed by atoms with Gasteiger partial charge < -0.3 is 5.73 Å². The van der Waals surface area contributed by atoms with Gasteiger partial charge >= 0.3 is 0 Å². The smallest absolute Gasteiger partial charge is 0.00765 e. The number of hydrogen-bond acceptors (Lipinski definition) is 1. The van der Waals surface area contributed by atoms with Crippen LogP contribution >= 0.6 is 0 Å². The van der Waals surface area contributed by atoms with Gasteiger partial charge in [0.15, 0.2) is 0 Å². The van der Waals surface area contributed by atoms with Crippen LogP contribution in [0.15, 0.2) is 29.8 Å². The van der Waals surface area contributed by atoms with E-state index in [1.165, 1.54) is 23.1 Å². The van der Waals surface area contributed by atoms with E-state index >= 15 is 0 Å². The Morgan fingerprint density at radius 1 is 1.25 bits per heavy atom. The van der Waals surface area contributed by atoms with E-state index in [0.29, 0.717) is 6.04 Å². The third kappa shape index (κ3) is 2.53. The topological polar surface area (TPSA) is 26.0 Å². The van der Waals surface area contributed by atoms with Crippen LogP contribution in [0.2, 0.25) is 0 Å². The molecule has 16 heavy (non-hydrogen) atoms. The Morgan fingerprint density at radius 2 is 1.94 bits per heavy atom. The van der Waals surface area contributed by atoms with E-state index in [-0.39, 0.29) is 0 Å². The van der Waals surface area contributed by atoms with Crippen molar-refractivity contribution in [2.24, 2.45) is 5.73 Å². The van der Waals surface area contributed by atoms with E-state index in [4.69, 9.17) is 5.73 Å². The lowest BCUT2D eigenvalue weighted by molar-refractivity contribution is 0.583. The molecule has 86 valence electrons. The highest BCUT2D eigenvalue weighted by molar-refractivity contribution is 5.36. The molecule has 0 fully saturated rings. The second-order valence-corrected chi connectivity index (χ2v) is 4.94. The van der Waals surface area contributed by atoms with Crippen molar-refractivity contribution in [3.8, 4) is 0 Å². The summed E-state index contributed by atoms with van der Waals surface area (Å²) in [5.41, 5.74) is 11.8. The summed E-state index contributed by atoms with van der Waals surface area (Å²) >= 11 is 0. The lowest BCUT2D eigenvalue weighted by Crippen LogP contribution is -2.22. The summed E-state index contributed by atoms with van der Waals surface area (Å²) in [6, 6.07) is 6.94. The molecule has 0 saturated carbocycles. The van der Waals surface area contributed by atoms with Gasteiger partial charge in [0.25, 0.3) is 0 Å². The highest BCUT2D eigenvalue weighted by atomic mass is 14.6. The first-order valence-electron chi connectivity index (χ1n) is 6.15. The highest BCUT2D eigenvalue weighted by Crippen LogP contribution is 2.24. The molecule has 1 nitrogen and oxygen atoms in total. The predicted octanol–water partition coefficient (Wildman–Crippen LogP) is 3.28. The third-order valence-electron chi connectivity index (χ3n) is 3.59. The van der Waals surface area contributed by atoms with Crippen LogP contribution in [-0.2, 0) is 6.42 Å². The van der Waals surface area contributed by atoms with E-state index in [1.807, 2.05) is 0 Å². The van der Waals surface area contributed by atoms with Crippen LogP contribution in [-0.4, -0.2) is 6.04 Å². The Morgan fingerprint density at radius 3 is 2.50 bits per heavy atom. The summed E-state index contributed by atoms with van der Waals surface area (Å²) in [6.07, 6.45) is 6.84. The van der Waals surface area contributed by atoms with Gasteiger partial charge in [0.2, 0.25) is 0 Å². The van der Waals surface area contributed by atoms with Crippen molar-refractivity contribution in [2.45, 2.75) is 45.6 Å². The monoisotopic (exact) mass is 215 g/mol. The molecule has 0 heterocycles. The van der Waals surface area contributed by atoms with Gasteiger partial charge in [-0.1, -0.05) is 29.8 Å². The summed E-state index contributed by atoms with van der Waals surface area (Å²) in [5.74, 6) is 0. The van der Waals surface area contributed by atoms with Crippen LogP contribution in [0.5, 0.6) is 0 Å². The Hall–Kier alpha value is -1.08. The minimum Gasteiger partial charge on any atom is -0.327 e. The van der Waals surface area contributed by atoms with Crippen LogP contribution < -0.4 is 5.73 Å². The Labute approximate surface area is 98.4 Å². The van der Waals surface area contributed by atoms with E-state index in [2.05, 4.69) is 38.1 Å². The predicted molar refractivity (Wildman–Crippen MR) is 69.5 cm³/mol. The second kappa shape index (κ2) is 4.84. The van der Waals surface area contributed by atoms with Gasteiger partial charge in [0.1, 0.15) is 0 Å². The molecule has 0 radical (unpaired) electrons. The van der Waals surface area contributed by atoms with Crippen molar-refractivity contribution in [3.05, 3.63) is 46.5 Å². The van der Waals surface area contributed by atoms with Crippen molar-refractivity contribution in [1.29, 1.82) is 0 Å². The average Bonchev–Trinajstić information content (AvgIpc) is 2.26. The maximum Gasteiger partial charge on any atom is 0.00765 e. The van der Waals surface area contributed by atoms with Crippen LogP contribution in [0.4, 0.5) is 0 Å². The van der Waals surface area contributed by atoms with Crippen molar-refractivity contribution >= 4 is 0 Å². The molecule has 1 aliphatic rings. The molecule has 1 atom stereocenters. The molecule has 0 aliphatic heterocycles. The zero-order valence-corrected chi connectivity index (χ0v) is 10.3. The average molecular weight is 215 g/mol. The number of rotatable bonds is 2. The van der Waals surface area contributed by atoms with Crippen molar-refractivity contribution in [2.75, 3.05) is 0 Å². The van der Waals surface area contributed by atoms with E-state index in [0.717, 1.165) is 19.3 Å². The first kappa shape index (κ1) is 11.4. The molecule has 2 rings (SSSR count). The maximum absolute atomic E-state index is 5.91. The van der Waals surface area contributed by atoms with Crippen molar-refractivity contribution in [3.63, 3.8) is 0 Å². The lowest BCUT2D eigenvalue weighted by atomic mass is 9.89. The molecule has 1 aliphatic carbocycles. The SMILES string of the molecule is Cc1cccc(C)c1CC1=CCC(N)CC1. The van der Waals surface area contributed by atoms with Crippen LogP contribution in [0, 0.1) is 13.8 Å². The molecule has 1 aromatic rings. The second-order valence-electron chi connectivity index (χ2n) is 4.94. The maximum atomic E-state index is 5.91. The van der Waals surface area contributed by atoms with Gasteiger partial charge in [-0.15, -0.1) is 0 Å². The minimum absolute atomic E-state index is 0.390. The van der Waals surface area contributed by atoms with Gasteiger partial charge in [-0.25, -0.2) is 0 Å². The Bertz CT molecular complexity index is 384. The molecule has 1 unspecified atom stereocenters. The molecule has 0 saturated heterocycles. The summed E-state index contributed by atoms with van der Waals surface area (Å²) in [5, 5.41) is 0. The van der Waals surface area contributed by atoms with Gasteiger partial charge in [-0.3, -0.25) is 0 Å². The molecule has 2 N–H and O–H groups in total. The zero-order chi connectivity index (χ0) is 11.5. The minimum atomic E-state index is 0.390. The van der Waals surface area contributed by atoms with Crippen LogP contribution in [0.1, 0.15) is 36.0 Å². The summed E-state index contributed by atoms with van der Waals surface area (Å²) in [4.78, 5) is 0. The molecule has 0 spiro atoms. The van der Waals surface area contributed by atoms with Gasteiger partial charge in [0.05, 0.1) is 0 Å². The summed E-state index contributed by atoms with van der Waals surface area (Å²) < 4.78 is 0. The van der Waals surface area contributed by atoms with Crippen LogP contribution in [0.25, 0.3) is 0 Å². The number of hydrogen-bond donors (Lipinski definition) is 1. The third-order valence-corrected chi connectivity index (χ3v) is 3.59. The fourth-order valence-corrected chi connectivity index (χ4v) is 2.42. The molecule has 1 heteroatoms. The Balaban J connectivity index is 2.15. The number of allylic oxidation sites excluding steroid dienone is 1. The Kier molecular flexibility index (Phi) is 3.45. The van der Waals surface area contributed by atoms with Gasteiger partial charge in [0, 0.05) is 6.04 Å². The molecular weight excluding hydrogens is 194 g/mol. The fourth-order valence-electron chi connectivity index (χ4n) is 2.42. The molecule has 0 amide bonds. The highest BCUT2D eigenvalue weighted by Gasteiger charge is 2.12. The molecule has 1 aromatic carbocycles. The van der Waals surface area contributed by atoms with Gasteiger partial charge in [-0.2, -0.15) is 0 Å². The standard InChI is InChI=1S/C15H21N/c1-11-4-3-5-12(2)15(11)10-13-6-8-14(16)9-7-13/h3-6,14H,7-10,16H2,1-2H3.